The second-order valence-corrected chi connectivity index (χ2v) is 6.18. The third kappa shape index (κ3) is 5.04. The van der Waals surface area contributed by atoms with Crippen molar-refractivity contribution < 1.29 is 19.1 Å². The van der Waals surface area contributed by atoms with Crippen LogP contribution in [0, 0.1) is 0 Å². The molecular formula is C22H19N3O4. The maximum absolute atomic E-state index is 12.5. The molecule has 1 heterocycles. The van der Waals surface area contributed by atoms with Gasteiger partial charge in [0.2, 0.25) is 0 Å². The average Bonchev–Trinajstić information content (AvgIpc) is 2.74. The Hall–Kier alpha value is -4.00. The fraction of sp³-hybridized carbons (Fsp3) is 0.0909. The highest BCUT2D eigenvalue weighted by Crippen LogP contribution is 2.16. The minimum Gasteiger partial charge on any atom is -0.497 e. The second-order valence-electron chi connectivity index (χ2n) is 6.18. The summed E-state index contributed by atoms with van der Waals surface area (Å²) in [6, 6.07) is 18.1. The number of nitrogens with zero attached hydrogens (tertiary/aromatic N) is 1. The normalized spacial score (nSPS) is 10.1. The predicted octanol–water partition coefficient (Wildman–Crippen LogP) is 3.80. The fourth-order valence-corrected chi connectivity index (χ4v) is 2.57. The fourth-order valence-electron chi connectivity index (χ4n) is 2.57. The molecule has 0 saturated heterocycles. The lowest BCUT2D eigenvalue weighted by Crippen LogP contribution is -2.18. The molecule has 3 rings (SSSR count). The summed E-state index contributed by atoms with van der Waals surface area (Å²) in [5.41, 5.74) is 1.72. The van der Waals surface area contributed by atoms with Crippen LogP contribution in [-0.4, -0.2) is 29.7 Å². The molecule has 0 saturated carbocycles. The summed E-state index contributed by atoms with van der Waals surface area (Å²) in [4.78, 5) is 40.6. The monoisotopic (exact) mass is 389 g/mol. The second kappa shape index (κ2) is 8.79. The lowest BCUT2D eigenvalue weighted by atomic mass is 10.1. The van der Waals surface area contributed by atoms with Crippen molar-refractivity contribution >= 4 is 29.0 Å². The third-order valence-electron chi connectivity index (χ3n) is 4.09. The van der Waals surface area contributed by atoms with Gasteiger partial charge in [0.05, 0.1) is 7.11 Å². The molecule has 0 atom stereocenters. The van der Waals surface area contributed by atoms with E-state index in [1.807, 2.05) is 0 Å². The van der Waals surface area contributed by atoms with E-state index in [9.17, 15) is 14.4 Å². The van der Waals surface area contributed by atoms with Crippen LogP contribution in [0.25, 0.3) is 0 Å². The van der Waals surface area contributed by atoms with Gasteiger partial charge in [0.15, 0.2) is 5.78 Å². The minimum atomic E-state index is -0.482. The molecular weight excluding hydrogens is 370 g/mol. The number of aromatic nitrogens is 1. The first-order valence-electron chi connectivity index (χ1n) is 8.81. The number of carbonyl (C=O) groups is 3. The molecule has 2 N–H and O–H groups in total. The van der Waals surface area contributed by atoms with E-state index in [0.717, 1.165) is 0 Å². The standard InChI is InChI=1S/C22H19N3O4/c1-14(26)15-5-3-6-17(13-15)24-22(28)20-8-4-7-19(25-20)21(27)23-16-9-11-18(29-2)12-10-16/h3-13H,1-2H3,(H,23,27)(H,24,28). The molecule has 2 amide bonds. The van der Waals surface area contributed by atoms with Crippen molar-refractivity contribution in [2.24, 2.45) is 0 Å². The van der Waals surface area contributed by atoms with Gasteiger partial charge in [-0.3, -0.25) is 14.4 Å². The van der Waals surface area contributed by atoms with Crippen LogP contribution in [0.4, 0.5) is 11.4 Å². The number of nitrogens with one attached hydrogen (secondary N) is 2. The van der Waals surface area contributed by atoms with Crippen molar-refractivity contribution in [2.75, 3.05) is 17.7 Å². The zero-order valence-corrected chi connectivity index (χ0v) is 15.9. The van der Waals surface area contributed by atoms with Crippen LogP contribution in [-0.2, 0) is 0 Å². The summed E-state index contributed by atoms with van der Waals surface area (Å²) < 4.78 is 5.08. The first-order valence-corrected chi connectivity index (χ1v) is 8.81. The van der Waals surface area contributed by atoms with Crippen LogP contribution in [0.2, 0.25) is 0 Å². The molecule has 0 aliphatic rings. The van der Waals surface area contributed by atoms with Gasteiger partial charge in [-0.25, -0.2) is 4.98 Å². The van der Waals surface area contributed by atoms with Gasteiger partial charge in [0.25, 0.3) is 11.8 Å². The molecule has 0 aliphatic carbocycles. The maximum atomic E-state index is 12.5. The highest BCUT2D eigenvalue weighted by atomic mass is 16.5. The Labute approximate surface area is 167 Å². The molecule has 0 fully saturated rings. The number of carbonyl (C=O) groups excluding carboxylic acids is 3. The number of anilines is 2. The largest absolute Gasteiger partial charge is 0.497 e. The zero-order valence-electron chi connectivity index (χ0n) is 15.9. The molecule has 29 heavy (non-hydrogen) atoms. The summed E-state index contributed by atoms with van der Waals surface area (Å²) in [6.07, 6.45) is 0. The van der Waals surface area contributed by atoms with Gasteiger partial charge in [0, 0.05) is 16.9 Å². The number of ketones is 1. The van der Waals surface area contributed by atoms with E-state index in [-0.39, 0.29) is 17.2 Å². The van der Waals surface area contributed by atoms with Gasteiger partial charge in [0.1, 0.15) is 17.1 Å². The van der Waals surface area contributed by atoms with E-state index < -0.39 is 11.8 Å². The Morgan fingerprint density at radius 2 is 1.38 bits per heavy atom. The molecule has 7 nitrogen and oxygen atoms in total. The Morgan fingerprint density at radius 3 is 1.97 bits per heavy atom. The number of benzene rings is 2. The third-order valence-corrected chi connectivity index (χ3v) is 4.09. The van der Waals surface area contributed by atoms with Gasteiger partial charge >= 0.3 is 0 Å². The van der Waals surface area contributed by atoms with Gasteiger partial charge in [-0.2, -0.15) is 0 Å². The van der Waals surface area contributed by atoms with Crippen LogP contribution >= 0.6 is 0 Å². The minimum absolute atomic E-state index is 0.0839. The van der Waals surface area contributed by atoms with Crippen molar-refractivity contribution in [1.29, 1.82) is 0 Å². The van der Waals surface area contributed by atoms with Gasteiger partial charge in [-0.15, -0.1) is 0 Å². The Kier molecular flexibility index (Phi) is 5.99. The maximum Gasteiger partial charge on any atom is 0.274 e. The van der Waals surface area contributed by atoms with E-state index in [2.05, 4.69) is 15.6 Å². The van der Waals surface area contributed by atoms with Crippen molar-refractivity contribution in [2.45, 2.75) is 6.92 Å². The number of ether oxygens (including phenoxy) is 1. The SMILES string of the molecule is COc1ccc(NC(=O)c2cccc(C(=O)Nc3cccc(C(C)=O)c3)n2)cc1. The molecule has 0 unspecified atom stereocenters. The number of hydrogen-bond donors (Lipinski definition) is 2. The molecule has 0 spiro atoms. The summed E-state index contributed by atoms with van der Waals surface area (Å²) in [6.45, 7) is 1.45. The molecule has 0 bridgehead atoms. The van der Waals surface area contributed by atoms with E-state index in [1.54, 1.807) is 61.7 Å². The summed E-state index contributed by atoms with van der Waals surface area (Å²) in [5.74, 6) is -0.349. The lowest BCUT2D eigenvalue weighted by molar-refractivity contribution is 0.100. The quantitative estimate of drug-likeness (QED) is 0.625. The van der Waals surface area contributed by atoms with E-state index in [1.165, 1.54) is 19.1 Å². The first-order chi connectivity index (χ1) is 14.0. The van der Waals surface area contributed by atoms with Gasteiger partial charge in [-0.05, 0) is 55.5 Å². The Balaban J connectivity index is 1.72. The molecule has 0 aliphatic heterocycles. The highest BCUT2D eigenvalue weighted by molar-refractivity contribution is 6.06. The van der Waals surface area contributed by atoms with Crippen LogP contribution in [0.1, 0.15) is 38.3 Å². The number of Topliss-reactive ketones (excluding diaryl/α,β-unsaturated/α-hetero) is 1. The average molecular weight is 389 g/mol. The van der Waals surface area contributed by atoms with Crippen LogP contribution < -0.4 is 15.4 Å². The molecule has 3 aromatic rings. The number of hydrogen-bond acceptors (Lipinski definition) is 5. The summed E-state index contributed by atoms with van der Waals surface area (Å²) >= 11 is 0. The van der Waals surface area contributed by atoms with Gasteiger partial charge in [-0.1, -0.05) is 18.2 Å². The Morgan fingerprint density at radius 1 is 0.793 bits per heavy atom. The zero-order chi connectivity index (χ0) is 20.8. The smallest absolute Gasteiger partial charge is 0.274 e. The highest BCUT2D eigenvalue weighted by Gasteiger charge is 2.13. The van der Waals surface area contributed by atoms with Crippen molar-refractivity contribution in [3.63, 3.8) is 0 Å². The lowest BCUT2D eigenvalue weighted by Gasteiger charge is -2.08. The van der Waals surface area contributed by atoms with Gasteiger partial charge < -0.3 is 15.4 Å². The predicted molar refractivity (Wildman–Crippen MR) is 110 cm³/mol. The first kappa shape index (κ1) is 19.8. The van der Waals surface area contributed by atoms with E-state index >= 15 is 0 Å². The topological polar surface area (TPSA) is 97.4 Å². The number of rotatable bonds is 6. The molecule has 146 valence electrons. The van der Waals surface area contributed by atoms with Crippen LogP contribution in [0.15, 0.2) is 66.7 Å². The van der Waals surface area contributed by atoms with E-state index in [4.69, 9.17) is 4.74 Å². The van der Waals surface area contributed by atoms with Crippen molar-refractivity contribution in [3.8, 4) is 5.75 Å². The van der Waals surface area contributed by atoms with E-state index in [0.29, 0.717) is 22.7 Å². The molecule has 2 aromatic carbocycles. The molecule has 7 heteroatoms. The summed E-state index contributed by atoms with van der Waals surface area (Å²) in [5, 5.41) is 5.40. The Bertz CT molecular complexity index is 1060. The van der Waals surface area contributed by atoms with Crippen LogP contribution in [0.3, 0.4) is 0 Å². The molecule has 1 aromatic heterocycles. The van der Waals surface area contributed by atoms with Crippen molar-refractivity contribution in [1.82, 2.24) is 4.98 Å². The molecule has 0 radical (unpaired) electrons. The van der Waals surface area contributed by atoms with Crippen molar-refractivity contribution in [3.05, 3.63) is 83.7 Å². The number of amides is 2. The van der Waals surface area contributed by atoms with Crippen LogP contribution in [0.5, 0.6) is 5.75 Å². The number of pyridine rings is 1. The summed E-state index contributed by atoms with van der Waals surface area (Å²) in [7, 11) is 1.56. The number of methoxy groups -OCH3 is 1.